The number of amides is 2. The summed E-state index contributed by atoms with van der Waals surface area (Å²) in [6.45, 7) is 12.8. The number of hydrogen-bond acceptors (Lipinski definition) is 8. The molecule has 3 aromatic heterocycles. The van der Waals surface area contributed by atoms with Crippen LogP contribution in [0.3, 0.4) is 0 Å². The van der Waals surface area contributed by atoms with Gasteiger partial charge in [-0.15, -0.1) is 0 Å². The molecule has 12 heteroatoms. The lowest BCUT2D eigenvalue weighted by Gasteiger charge is -2.51. The normalized spacial score (nSPS) is 25.1. The second-order valence-corrected chi connectivity index (χ2v) is 16.9. The maximum Gasteiger partial charge on any atom is 0.251 e. The van der Waals surface area contributed by atoms with Crippen molar-refractivity contribution in [2.24, 2.45) is 5.41 Å². The van der Waals surface area contributed by atoms with Crippen LogP contribution in [0.2, 0.25) is 0 Å². The molecule has 11 nitrogen and oxygen atoms in total. The lowest BCUT2D eigenvalue weighted by Crippen LogP contribution is -2.60. The molecule has 1 saturated carbocycles. The lowest BCUT2D eigenvalue weighted by atomic mass is 9.73. The first-order valence-corrected chi connectivity index (χ1v) is 19.4. The number of carbonyl (C=O) groups is 2. The third kappa shape index (κ3) is 5.80. The summed E-state index contributed by atoms with van der Waals surface area (Å²) in [6, 6.07) is 10.6. The van der Waals surface area contributed by atoms with Gasteiger partial charge in [0.25, 0.3) is 5.91 Å². The lowest BCUT2D eigenvalue weighted by molar-refractivity contribution is -0.158. The van der Waals surface area contributed by atoms with Gasteiger partial charge in [0.2, 0.25) is 5.91 Å². The molecule has 1 unspecified atom stereocenters. The van der Waals surface area contributed by atoms with Crippen LogP contribution in [0, 0.1) is 11.2 Å². The van der Waals surface area contributed by atoms with Crippen molar-refractivity contribution in [2.75, 3.05) is 43.0 Å². The van der Waals surface area contributed by atoms with Crippen LogP contribution in [0.5, 0.6) is 0 Å². The quantitative estimate of drug-likeness (QED) is 0.228. The number of halogens is 1. The van der Waals surface area contributed by atoms with Gasteiger partial charge in [0.05, 0.1) is 41.4 Å². The highest BCUT2D eigenvalue weighted by Gasteiger charge is 2.56. The van der Waals surface area contributed by atoms with Crippen molar-refractivity contribution in [1.82, 2.24) is 29.3 Å². The summed E-state index contributed by atoms with van der Waals surface area (Å²) in [5, 5.41) is 3.23. The van der Waals surface area contributed by atoms with Gasteiger partial charge in [-0.25, -0.2) is 14.4 Å². The van der Waals surface area contributed by atoms with E-state index in [0.29, 0.717) is 55.5 Å². The first-order chi connectivity index (χ1) is 25.5. The number of nitrogens with one attached hydrogen (secondary N) is 1. The Morgan fingerprint density at radius 1 is 1.06 bits per heavy atom. The van der Waals surface area contributed by atoms with E-state index in [2.05, 4.69) is 66.0 Å². The molecule has 1 N–H and O–H groups in total. The second kappa shape index (κ2) is 12.9. The number of piperidine rings is 2. The molecule has 7 heterocycles. The van der Waals surface area contributed by atoms with Crippen LogP contribution in [-0.4, -0.2) is 92.1 Å². The molecule has 0 bridgehead atoms. The van der Waals surface area contributed by atoms with E-state index in [0.717, 1.165) is 60.2 Å². The fourth-order valence-electron chi connectivity index (χ4n) is 9.48. The molecule has 1 atom stereocenters. The van der Waals surface area contributed by atoms with Crippen molar-refractivity contribution in [3.8, 4) is 11.3 Å². The summed E-state index contributed by atoms with van der Waals surface area (Å²) in [4.78, 5) is 48.4. The standard InChI is InChI=1S/C41H49FN8O3/c1-25(2)49-24-44-33-21-32(46-37(36(33)49)45-31-8-13-43-22-30(31)42)26-6-7-29-34(18-26)50(28-19-27(20-28)48-14-5-10-40(3,4)23-48)39(52)41(29)11-15-47(16-12-41)38(51)35-9-17-53-35/h6-8,13,18,21-22,24-25,27-28,35H,5,9-12,14-17,19-20,23H2,1-4H3,(H,43,45,46). The van der Waals surface area contributed by atoms with E-state index < -0.39 is 11.2 Å². The molecule has 5 aliphatic rings. The molecule has 9 rings (SSSR count). The zero-order valence-corrected chi connectivity index (χ0v) is 31.1. The van der Waals surface area contributed by atoms with Crippen molar-refractivity contribution < 1.29 is 18.7 Å². The predicted octanol–water partition coefficient (Wildman–Crippen LogP) is 6.61. The highest BCUT2D eigenvalue weighted by molar-refractivity contribution is 6.09. The molecule has 1 aromatic carbocycles. The van der Waals surface area contributed by atoms with Crippen LogP contribution in [0.25, 0.3) is 22.3 Å². The summed E-state index contributed by atoms with van der Waals surface area (Å²) in [5.41, 5.74) is 4.97. The Bertz CT molecular complexity index is 2080. The van der Waals surface area contributed by atoms with Crippen molar-refractivity contribution in [1.29, 1.82) is 0 Å². The van der Waals surface area contributed by atoms with Gasteiger partial charge in [-0.2, -0.15) is 0 Å². The Hall–Kier alpha value is -4.42. The van der Waals surface area contributed by atoms with E-state index in [4.69, 9.17) is 14.7 Å². The smallest absolute Gasteiger partial charge is 0.251 e. The van der Waals surface area contributed by atoms with Gasteiger partial charge in [-0.05, 0) is 88.1 Å². The molecular weight excluding hydrogens is 672 g/mol. The van der Waals surface area contributed by atoms with Gasteiger partial charge in [0.15, 0.2) is 11.6 Å². The van der Waals surface area contributed by atoms with Gasteiger partial charge >= 0.3 is 0 Å². The molecular formula is C41H49FN8O3. The predicted molar refractivity (Wildman–Crippen MR) is 202 cm³/mol. The summed E-state index contributed by atoms with van der Waals surface area (Å²) in [5.74, 6) is 0.235. The van der Waals surface area contributed by atoms with E-state index in [1.54, 1.807) is 18.6 Å². The summed E-state index contributed by atoms with van der Waals surface area (Å²) < 4.78 is 22.4. The third-order valence-electron chi connectivity index (χ3n) is 12.6. The molecule has 1 aliphatic carbocycles. The Balaban J connectivity index is 1.08. The average Bonchev–Trinajstić information content (AvgIpc) is 3.62. The maximum atomic E-state index is 14.9. The number of aromatic nitrogens is 4. The minimum absolute atomic E-state index is 0.0488. The maximum absolute atomic E-state index is 14.9. The number of hydrogen-bond donors (Lipinski definition) is 1. The minimum atomic E-state index is -0.678. The Labute approximate surface area is 309 Å². The van der Waals surface area contributed by atoms with Crippen LogP contribution < -0.4 is 10.2 Å². The van der Waals surface area contributed by atoms with Gasteiger partial charge in [0, 0.05) is 61.6 Å². The number of pyridine rings is 2. The van der Waals surface area contributed by atoms with Crippen LogP contribution in [0.1, 0.15) is 84.2 Å². The zero-order chi connectivity index (χ0) is 36.6. The number of carbonyl (C=O) groups excluding carboxylic acids is 2. The highest BCUT2D eigenvalue weighted by atomic mass is 19.1. The molecule has 3 saturated heterocycles. The van der Waals surface area contributed by atoms with Gasteiger partial charge in [0.1, 0.15) is 11.6 Å². The summed E-state index contributed by atoms with van der Waals surface area (Å²) in [6.07, 6.45) is 10.5. The van der Waals surface area contributed by atoms with Crippen LogP contribution >= 0.6 is 0 Å². The number of ether oxygens (including phenoxy) is 1. The number of imidazole rings is 1. The Morgan fingerprint density at radius 3 is 2.55 bits per heavy atom. The van der Waals surface area contributed by atoms with Gasteiger partial charge in [-0.3, -0.25) is 19.5 Å². The number of benzene rings is 1. The van der Waals surface area contributed by atoms with Gasteiger partial charge in [-0.1, -0.05) is 26.0 Å². The van der Waals surface area contributed by atoms with Gasteiger partial charge < -0.3 is 24.4 Å². The average molecular weight is 721 g/mol. The molecule has 0 radical (unpaired) electrons. The minimum Gasteiger partial charge on any atom is -0.368 e. The van der Waals surface area contributed by atoms with Crippen LogP contribution in [0.4, 0.5) is 21.6 Å². The molecule has 4 aliphatic heterocycles. The van der Waals surface area contributed by atoms with Crippen molar-refractivity contribution in [3.05, 3.63) is 60.4 Å². The van der Waals surface area contributed by atoms with Crippen LogP contribution in [0.15, 0.2) is 49.1 Å². The largest absolute Gasteiger partial charge is 0.368 e. The molecule has 53 heavy (non-hydrogen) atoms. The molecule has 278 valence electrons. The molecule has 4 aromatic rings. The zero-order valence-electron chi connectivity index (χ0n) is 31.1. The monoisotopic (exact) mass is 720 g/mol. The van der Waals surface area contributed by atoms with Crippen molar-refractivity contribution in [2.45, 2.75) is 102 Å². The van der Waals surface area contributed by atoms with E-state index >= 15 is 0 Å². The van der Waals surface area contributed by atoms with E-state index in [-0.39, 0.29) is 35.7 Å². The molecule has 1 spiro atoms. The molecule has 4 fully saturated rings. The molecule has 2 amide bonds. The fraction of sp³-hybridized carbons (Fsp3) is 0.537. The first kappa shape index (κ1) is 34.4. The summed E-state index contributed by atoms with van der Waals surface area (Å²) in [7, 11) is 0. The Morgan fingerprint density at radius 2 is 1.85 bits per heavy atom. The topological polar surface area (TPSA) is 109 Å². The number of nitrogens with zero attached hydrogens (tertiary/aromatic N) is 7. The third-order valence-corrected chi connectivity index (χ3v) is 12.6. The van der Waals surface area contributed by atoms with E-state index in [9.17, 15) is 14.0 Å². The fourth-order valence-corrected chi connectivity index (χ4v) is 9.48. The van der Waals surface area contributed by atoms with Crippen LogP contribution in [-0.2, 0) is 19.7 Å². The number of rotatable bonds is 7. The number of anilines is 3. The Kier molecular flexibility index (Phi) is 8.34. The van der Waals surface area contributed by atoms with Crippen molar-refractivity contribution >= 4 is 40.0 Å². The number of likely N-dealkylation sites (tertiary alicyclic amines) is 2. The number of fused-ring (bicyclic) bond motifs is 3. The second-order valence-electron chi connectivity index (χ2n) is 16.9. The highest BCUT2D eigenvalue weighted by Crippen LogP contribution is 2.52. The first-order valence-electron chi connectivity index (χ1n) is 19.4. The van der Waals surface area contributed by atoms with Crippen molar-refractivity contribution in [3.63, 3.8) is 0 Å². The van der Waals surface area contributed by atoms with E-state index in [1.165, 1.54) is 19.0 Å². The summed E-state index contributed by atoms with van der Waals surface area (Å²) >= 11 is 0. The van der Waals surface area contributed by atoms with E-state index in [1.807, 2.05) is 15.5 Å². The SMILES string of the molecule is CC(C)n1cnc2cc(-c3ccc4c(c3)N(C3CC(N5CCCC(C)(C)C5)C3)C(=O)C43CCN(C(=O)C4CCO4)CC3)nc(Nc3ccncc3F)c21.